The average molecular weight is 600 g/mol. The molecule has 4 rings (SSSR count). The van der Waals surface area contributed by atoms with Gasteiger partial charge in [0.15, 0.2) is 5.82 Å². The summed E-state index contributed by atoms with van der Waals surface area (Å²) in [6.07, 6.45) is 4.95. The Labute approximate surface area is 255 Å². The van der Waals surface area contributed by atoms with E-state index >= 15 is 0 Å². The number of fused-ring (bicyclic) bond motifs is 1. The van der Waals surface area contributed by atoms with E-state index in [0.717, 1.165) is 47.8 Å². The summed E-state index contributed by atoms with van der Waals surface area (Å²) in [5.41, 5.74) is 9.14. The number of aliphatic imine (C=N–C) groups is 1. The molecule has 2 aromatic carbocycles. The third-order valence-electron chi connectivity index (χ3n) is 6.81. The fourth-order valence-corrected chi connectivity index (χ4v) is 4.31. The molecule has 0 unspecified atom stereocenters. The molecule has 2 aromatic heterocycles. The number of pyridine rings is 1. The van der Waals surface area contributed by atoms with Gasteiger partial charge < -0.3 is 25.2 Å². The molecule has 2 heterocycles. The van der Waals surface area contributed by atoms with Crippen molar-refractivity contribution in [3.05, 3.63) is 83.8 Å². The van der Waals surface area contributed by atoms with E-state index in [2.05, 4.69) is 22.2 Å². The van der Waals surface area contributed by atoms with Crippen LogP contribution in [0.15, 0.2) is 71.9 Å². The van der Waals surface area contributed by atoms with Gasteiger partial charge in [-0.2, -0.15) is 4.99 Å². The van der Waals surface area contributed by atoms with Gasteiger partial charge in [0.25, 0.3) is 5.91 Å². The zero-order valence-electron chi connectivity index (χ0n) is 25.2. The number of benzene rings is 2. The van der Waals surface area contributed by atoms with E-state index in [0.29, 0.717) is 29.8 Å². The standard InChI is InChI=1S/C32H37N7O5/c1-4-6-7-10-19-43-32(42)37-30(33)22-12-15-24(16-13-22)35-21-28-36-25-20-23(14-17-26(25)38(28)3)31(41)39(44-29(40)5-2)27-11-8-9-18-34-27/h8-9,11-18,20,35H,4-7,10,19,21H2,1-3H3,(H2,33,37,42). The van der Waals surface area contributed by atoms with Crippen LogP contribution < -0.4 is 16.1 Å². The van der Waals surface area contributed by atoms with Crippen LogP contribution in [0.25, 0.3) is 11.0 Å². The second-order valence-electron chi connectivity index (χ2n) is 10.00. The Bertz CT molecular complexity index is 1620. The second-order valence-corrected chi connectivity index (χ2v) is 10.00. The molecule has 0 saturated heterocycles. The number of amides is 2. The van der Waals surface area contributed by atoms with Crippen LogP contribution in [0.2, 0.25) is 0 Å². The normalized spacial score (nSPS) is 11.3. The van der Waals surface area contributed by atoms with E-state index in [1.807, 2.05) is 23.7 Å². The number of hydroxylamine groups is 1. The Morgan fingerprint density at radius 3 is 2.48 bits per heavy atom. The summed E-state index contributed by atoms with van der Waals surface area (Å²) in [6, 6.07) is 17.3. The number of nitrogens with two attached hydrogens (primary N) is 1. The Morgan fingerprint density at radius 1 is 1.00 bits per heavy atom. The highest BCUT2D eigenvalue weighted by Crippen LogP contribution is 2.21. The minimum atomic E-state index is -0.695. The summed E-state index contributed by atoms with van der Waals surface area (Å²) in [6.45, 7) is 4.49. The zero-order valence-corrected chi connectivity index (χ0v) is 25.2. The van der Waals surface area contributed by atoms with Crippen molar-refractivity contribution in [3.63, 3.8) is 0 Å². The number of carbonyl (C=O) groups excluding carboxylic acids is 3. The van der Waals surface area contributed by atoms with Gasteiger partial charge in [0.1, 0.15) is 11.7 Å². The number of aryl methyl sites for hydroxylation is 1. The lowest BCUT2D eigenvalue weighted by Gasteiger charge is -2.19. The first-order chi connectivity index (χ1) is 21.3. The fraction of sp³-hybridized carbons (Fsp3) is 0.312. The van der Waals surface area contributed by atoms with E-state index in [1.54, 1.807) is 55.5 Å². The maximum absolute atomic E-state index is 13.4. The Morgan fingerprint density at radius 2 is 1.77 bits per heavy atom. The fourth-order valence-electron chi connectivity index (χ4n) is 4.31. The van der Waals surface area contributed by atoms with Crippen LogP contribution >= 0.6 is 0 Å². The largest absolute Gasteiger partial charge is 0.448 e. The average Bonchev–Trinajstić information content (AvgIpc) is 3.36. The number of nitrogens with one attached hydrogen (secondary N) is 1. The number of hydrogen-bond donors (Lipinski definition) is 2. The number of imidazole rings is 1. The number of nitrogens with zero attached hydrogens (tertiary/aromatic N) is 5. The van der Waals surface area contributed by atoms with Crippen LogP contribution in [-0.4, -0.2) is 44.9 Å². The van der Waals surface area contributed by atoms with Gasteiger partial charge in [0.05, 0.1) is 24.2 Å². The number of amidine groups is 1. The molecular formula is C32H37N7O5. The molecular weight excluding hydrogens is 562 g/mol. The lowest BCUT2D eigenvalue weighted by molar-refractivity contribution is -0.143. The van der Waals surface area contributed by atoms with Gasteiger partial charge >= 0.3 is 12.1 Å². The molecule has 4 aromatic rings. The summed E-state index contributed by atoms with van der Waals surface area (Å²) < 4.78 is 7.06. The predicted octanol–water partition coefficient (Wildman–Crippen LogP) is 5.52. The van der Waals surface area contributed by atoms with E-state index in [1.165, 1.54) is 6.20 Å². The van der Waals surface area contributed by atoms with Crippen molar-refractivity contribution in [2.75, 3.05) is 17.0 Å². The molecule has 0 fully saturated rings. The lowest BCUT2D eigenvalue weighted by Crippen LogP contribution is -2.34. The summed E-state index contributed by atoms with van der Waals surface area (Å²) in [5, 5.41) is 4.22. The number of carbonyl (C=O) groups is 3. The Balaban J connectivity index is 1.41. The number of rotatable bonds is 12. The number of hydrogen-bond acceptors (Lipinski definition) is 8. The molecule has 230 valence electrons. The van der Waals surface area contributed by atoms with Crippen molar-refractivity contribution >= 4 is 46.3 Å². The van der Waals surface area contributed by atoms with Crippen molar-refractivity contribution in [3.8, 4) is 0 Å². The molecule has 0 bridgehead atoms. The van der Waals surface area contributed by atoms with E-state index < -0.39 is 18.0 Å². The van der Waals surface area contributed by atoms with Crippen LogP contribution in [-0.2, 0) is 28.0 Å². The quantitative estimate of drug-likeness (QED) is 0.0927. The van der Waals surface area contributed by atoms with Crippen LogP contribution in [0.4, 0.5) is 16.3 Å². The van der Waals surface area contributed by atoms with Gasteiger partial charge in [0.2, 0.25) is 0 Å². The van der Waals surface area contributed by atoms with Gasteiger partial charge in [-0.1, -0.05) is 39.2 Å². The number of aromatic nitrogens is 3. The van der Waals surface area contributed by atoms with E-state index in [-0.39, 0.29) is 18.1 Å². The first-order valence-electron chi connectivity index (χ1n) is 14.6. The summed E-state index contributed by atoms with van der Waals surface area (Å²) in [5.74, 6) is -0.0878. The molecule has 0 aliphatic carbocycles. The maximum Gasteiger partial charge on any atom is 0.435 e. The molecule has 12 heteroatoms. The molecule has 0 aliphatic rings. The predicted molar refractivity (Wildman–Crippen MR) is 168 cm³/mol. The zero-order chi connectivity index (χ0) is 31.5. The molecule has 0 atom stereocenters. The SMILES string of the molecule is CCCCCCOC(=O)N=C(N)c1ccc(NCc2nc3cc(C(=O)N(OC(=O)CC)c4ccccn4)ccc3n2C)cc1. The number of ether oxygens (including phenoxy) is 1. The number of unbranched alkanes of at least 4 members (excludes halogenated alkanes) is 3. The maximum atomic E-state index is 13.4. The molecule has 0 radical (unpaired) electrons. The summed E-state index contributed by atoms with van der Waals surface area (Å²) in [7, 11) is 1.89. The molecule has 2 amide bonds. The highest BCUT2D eigenvalue weighted by Gasteiger charge is 2.24. The van der Waals surface area contributed by atoms with Crippen LogP contribution in [0.5, 0.6) is 0 Å². The van der Waals surface area contributed by atoms with Gasteiger partial charge in [-0.25, -0.2) is 19.6 Å². The topological polar surface area (TPSA) is 154 Å². The van der Waals surface area contributed by atoms with E-state index in [4.69, 9.17) is 20.3 Å². The number of anilines is 2. The van der Waals surface area contributed by atoms with Crippen molar-refractivity contribution in [1.29, 1.82) is 0 Å². The van der Waals surface area contributed by atoms with Gasteiger partial charge in [-0.05, 0) is 61.0 Å². The Hall–Kier alpha value is -5.26. The summed E-state index contributed by atoms with van der Waals surface area (Å²) in [4.78, 5) is 55.4. The first-order valence-corrected chi connectivity index (χ1v) is 14.6. The molecule has 0 spiro atoms. The molecule has 12 nitrogen and oxygen atoms in total. The third kappa shape index (κ3) is 8.18. The monoisotopic (exact) mass is 599 g/mol. The van der Waals surface area contributed by atoms with Crippen LogP contribution in [0, 0.1) is 0 Å². The highest BCUT2D eigenvalue weighted by molar-refractivity contribution is 6.06. The van der Waals surface area contributed by atoms with Crippen molar-refractivity contribution in [2.45, 2.75) is 52.5 Å². The van der Waals surface area contributed by atoms with Crippen LogP contribution in [0.1, 0.15) is 67.7 Å². The van der Waals surface area contributed by atoms with Crippen molar-refractivity contribution in [1.82, 2.24) is 14.5 Å². The highest BCUT2D eigenvalue weighted by atomic mass is 16.7. The molecule has 0 saturated carbocycles. The first kappa shape index (κ1) is 31.7. The van der Waals surface area contributed by atoms with Crippen molar-refractivity contribution < 1.29 is 24.0 Å². The van der Waals surface area contributed by atoms with Crippen molar-refractivity contribution in [2.24, 2.45) is 17.8 Å². The third-order valence-corrected chi connectivity index (χ3v) is 6.81. The minimum Gasteiger partial charge on any atom is -0.448 e. The molecule has 3 N–H and O–H groups in total. The molecule has 44 heavy (non-hydrogen) atoms. The van der Waals surface area contributed by atoms with Gasteiger partial charge in [0, 0.05) is 36.5 Å². The van der Waals surface area contributed by atoms with Gasteiger partial charge in [-0.3, -0.25) is 4.79 Å². The van der Waals surface area contributed by atoms with Gasteiger partial charge in [-0.15, -0.1) is 5.06 Å². The second kappa shape index (κ2) is 15.3. The minimum absolute atomic E-state index is 0.0851. The molecule has 0 aliphatic heterocycles. The van der Waals surface area contributed by atoms with E-state index in [9.17, 15) is 14.4 Å². The van der Waals surface area contributed by atoms with Crippen LogP contribution in [0.3, 0.4) is 0 Å². The summed E-state index contributed by atoms with van der Waals surface area (Å²) >= 11 is 0. The Kier molecular flexibility index (Phi) is 11.0. The smallest absolute Gasteiger partial charge is 0.435 e. The lowest BCUT2D eigenvalue weighted by atomic mass is 10.2.